The minimum absolute atomic E-state index is 0.0262. The van der Waals surface area contributed by atoms with E-state index in [-0.39, 0.29) is 31.1 Å². The lowest BCUT2D eigenvalue weighted by Crippen LogP contribution is -2.17. The number of fused-ring (bicyclic) bond motifs is 1. The van der Waals surface area contributed by atoms with E-state index < -0.39 is 17.6 Å². The molecule has 152 valence electrons. The molecule has 29 heavy (non-hydrogen) atoms. The number of alkyl halides is 3. The summed E-state index contributed by atoms with van der Waals surface area (Å²) >= 11 is 0. The van der Waals surface area contributed by atoms with Crippen molar-refractivity contribution in [2.24, 2.45) is 0 Å². The van der Waals surface area contributed by atoms with Crippen LogP contribution >= 0.6 is 0 Å². The largest absolute Gasteiger partial charge is 0.489 e. The zero-order valence-electron chi connectivity index (χ0n) is 15.8. The van der Waals surface area contributed by atoms with Crippen molar-refractivity contribution in [2.75, 3.05) is 25.6 Å². The number of carbonyl (C=O) groups is 1. The van der Waals surface area contributed by atoms with Gasteiger partial charge in [-0.15, -0.1) is 0 Å². The van der Waals surface area contributed by atoms with Crippen LogP contribution in [0.25, 0.3) is 10.8 Å². The van der Waals surface area contributed by atoms with Crippen molar-refractivity contribution in [3.05, 3.63) is 71.8 Å². The van der Waals surface area contributed by atoms with Crippen LogP contribution in [0.1, 0.15) is 11.1 Å². The first kappa shape index (κ1) is 20.7. The molecule has 0 unspecified atom stereocenters. The Labute approximate surface area is 166 Å². The molecule has 3 rings (SSSR count). The smallest absolute Gasteiger partial charge is 0.416 e. The molecule has 0 bridgehead atoms. The van der Waals surface area contributed by atoms with E-state index in [1.54, 1.807) is 0 Å². The summed E-state index contributed by atoms with van der Waals surface area (Å²) in [5.74, 6) is -0.280. The molecule has 1 N–H and O–H groups in total. The second-order valence-corrected chi connectivity index (χ2v) is 6.46. The Kier molecular flexibility index (Phi) is 6.39. The molecule has 3 aromatic carbocycles. The maximum Gasteiger partial charge on any atom is 0.416 e. The Balaban J connectivity index is 1.79. The first-order valence-electron chi connectivity index (χ1n) is 8.97. The summed E-state index contributed by atoms with van der Waals surface area (Å²) in [7, 11) is 1.49. The van der Waals surface area contributed by atoms with Crippen molar-refractivity contribution < 1.29 is 27.4 Å². The number of benzene rings is 3. The van der Waals surface area contributed by atoms with E-state index in [0.29, 0.717) is 0 Å². The molecule has 0 fully saturated rings. The molecular weight excluding hydrogens is 383 g/mol. The first-order chi connectivity index (χ1) is 13.9. The summed E-state index contributed by atoms with van der Waals surface area (Å²) < 4.78 is 49.5. The van der Waals surface area contributed by atoms with Gasteiger partial charge in [0, 0.05) is 7.11 Å². The van der Waals surface area contributed by atoms with Crippen molar-refractivity contribution in [3.8, 4) is 5.75 Å². The highest BCUT2D eigenvalue weighted by Crippen LogP contribution is 2.35. The number of anilines is 1. The van der Waals surface area contributed by atoms with Gasteiger partial charge in [-0.1, -0.05) is 42.5 Å². The summed E-state index contributed by atoms with van der Waals surface area (Å²) in [5, 5.41) is 4.57. The van der Waals surface area contributed by atoms with Crippen LogP contribution in [0.15, 0.2) is 60.7 Å². The third kappa shape index (κ3) is 5.48. The van der Waals surface area contributed by atoms with Gasteiger partial charge in [0.25, 0.3) is 0 Å². The Morgan fingerprint density at radius 3 is 2.45 bits per heavy atom. The zero-order chi connectivity index (χ0) is 20.9. The fraction of sp³-hybridized carbons (Fsp3) is 0.227. The topological polar surface area (TPSA) is 47.6 Å². The third-order valence-electron chi connectivity index (χ3n) is 4.30. The van der Waals surface area contributed by atoms with Gasteiger partial charge in [-0.05, 0) is 34.5 Å². The van der Waals surface area contributed by atoms with Gasteiger partial charge in [0.15, 0.2) is 0 Å². The average molecular weight is 403 g/mol. The van der Waals surface area contributed by atoms with Crippen molar-refractivity contribution in [1.29, 1.82) is 0 Å². The first-order valence-corrected chi connectivity index (χ1v) is 8.97. The standard InChI is InChI=1S/C22H20F3NO3/c1-28-10-11-29-20-9-8-18(22(23,24)25)14-19(20)26-21(27)13-15-6-7-16-4-2-3-5-17(16)12-15/h2-9,12,14H,10-11,13H2,1H3,(H,26,27). The number of hydrogen-bond acceptors (Lipinski definition) is 3. The van der Waals surface area contributed by atoms with Crippen LogP contribution in [0, 0.1) is 0 Å². The molecule has 0 spiro atoms. The summed E-state index contributed by atoms with van der Waals surface area (Å²) in [6, 6.07) is 16.3. The number of carbonyl (C=O) groups excluding carboxylic acids is 1. The predicted octanol–water partition coefficient (Wildman–Crippen LogP) is 5.07. The number of halogens is 3. The molecule has 0 aromatic heterocycles. The van der Waals surface area contributed by atoms with Gasteiger partial charge in [-0.25, -0.2) is 0 Å². The van der Waals surface area contributed by atoms with Gasteiger partial charge in [0.1, 0.15) is 12.4 Å². The molecule has 0 atom stereocenters. The number of methoxy groups -OCH3 is 1. The van der Waals surface area contributed by atoms with E-state index in [9.17, 15) is 18.0 Å². The lowest BCUT2D eigenvalue weighted by Gasteiger charge is -2.15. The van der Waals surface area contributed by atoms with Crippen LogP contribution in [0.4, 0.5) is 18.9 Å². The lowest BCUT2D eigenvalue weighted by atomic mass is 10.0. The molecule has 4 nitrogen and oxygen atoms in total. The molecule has 3 aromatic rings. The monoisotopic (exact) mass is 403 g/mol. The molecule has 7 heteroatoms. The third-order valence-corrected chi connectivity index (χ3v) is 4.30. The summed E-state index contributed by atoms with van der Waals surface area (Å²) in [5.41, 5.74) is -0.130. The fourth-order valence-electron chi connectivity index (χ4n) is 2.89. The van der Waals surface area contributed by atoms with Crippen LogP contribution in [0.5, 0.6) is 5.75 Å². The molecule has 0 heterocycles. The molecule has 0 saturated heterocycles. The average Bonchev–Trinajstić information content (AvgIpc) is 2.68. The highest BCUT2D eigenvalue weighted by Gasteiger charge is 2.31. The molecule has 1 amide bonds. The van der Waals surface area contributed by atoms with E-state index in [4.69, 9.17) is 9.47 Å². The summed E-state index contributed by atoms with van der Waals surface area (Å²) in [6.45, 7) is 0.418. The van der Waals surface area contributed by atoms with Gasteiger partial charge in [-0.3, -0.25) is 4.79 Å². The quantitative estimate of drug-likeness (QED) is 0.561. The van der Waals surface area contributed by atoms with Crippen LogP contribution in [-0.4, -0.2) is 26.2 Å². The molecule has 0 aliphatic heterocycles. The molecule has 0 radical (unpaired) electrons. The maximum absolute atomic E-state index is 13.1. The number of amides is 1. The Hall–Kier alpha value is -3.06. The highest BCUT2D eigenvalue weighted by molar-refractivity contribution is 5.94. The van der Waals surface area contributed by atoms with E-state index >= 15 is 0 Å². The van der Waals surface area contributed by atoms with Gasteiger partial charge >= 0.3 is 6.18 Å². The van der Waals surface area contributed by atoms with Crippen LogP contribution < -0.4 is 10.1 Å². The van der Waals surface area contributed by atoms with E-state index in [1.807, 2.05) is 42.5 Å². The van der Waals surface area contributed by atoms with Gasteiger partial charge in [0.2, 0.25) is 5.91 Å². The number of ether oxygens (including phenoxy) is 2. The van der Waals surface area contributed by atoms with E-state index in [1.165, 1.54) is 13.2 Å². The number of hydrogen-bond donors (Lipinski definition) is 1. The van der Waals surface area contributed by atoms with Crippen LogP contribution in [0.2, 0.25) is 0 Å². The van der Waals surface area contributed by atoms with Crippen molar-refractivity contribution >= 4 is 22.4 Å². The second kappa shape index (κ2) is 8.96. The molecule has 0 aliphatic carbocycles. The molecular formula is C22H20F3NO3. The Morgan fingerprint density at radius 2 is 1.72 bits per heavy atom. The maximum atomic E-state index is 13.1. The lowest BCUT2D eigenvalue weighted by molar-refractivity contribution is -0.137. The second-order valence-electron chi connectivity index (χ2n) is 6.46. The van der Waals surface area contributed by atoms with Gasteiger partial charge < -0.3 is 14.8 Å². The van der Waals surface area contributed by atoms with Gasteiger partial charge in [-0.2, -0.15) is 13.2 Å². The molecule has 0 aliphatic rings. The van der Waals surface area contributed by atoms with E-state index in [2.05, 4.69) is 5.32 Å². The van der Waals surface area contributed by atoms with Crippen LogP contribution in [-0.2, 0) is 22.1 Å². The highest BCUT2D eigenvalue weighted by atomic mass is 19.4. The van der Waals surface area contributed by atoms with E-state index in [0.717, 1.165) is 28.5 Å². The SMILES string of the molecule is COCCOc1ccc(C(F)(F)F)cc1NC(=O)Cc1ccc2ccccc2c1. The Morgan fingerprint density at radius 1 is 0.966 bits per heavy atom. The van der Waals surface area contributed by atoms with Gasteiger partial charge in [0.05, 0.1) is 24.3 Å². The van der Waals surface area contributed by atoms with Crippen molar-refractivity contribution in [2.45, 2.75) is 12.6 Å². The molecule has 0 saturated carbocycles. The minimum Gasteiger partial charge on any atom is -0.489 e. The zero-order valence-corrected chi connectivity index (χ0v) is 15.8. The van der Waals surface area contributed by atoms with Crippen molar-refractivity contribution in [1.82, 2.24) is 0 Å². The van der Waals surface area contributed by atoms with Crippen molar-refractivity contribution in [3.63, 3.8) is 0 Å². The normalized spacial score (nSPS) is 11.4. The Bertz CT molecular complexity index is 1000. The summed E-state index contributed by atoms with van der Waals surface area (Å²) in [4.78, 5) is 12.5. The summed E-state index contributed by atoms with van der Waals surface area (Å²) in [6.07, 6.45) is -4.50. The fourth-order valence-corrected chi connectivity index (χ4v) is 2.89. The number of rotatable bonds is 7. The van der Waals surface area contributed by atoms with Crippen LogP contribution in [0.3, 0.4) is 0 Å². The number of nitrogens with one attached hydrogen (secondary N) is 1. The predicted molar refractivity (Wildman–Crippen MR) is 105 cm³/mol. The minimum atomic E-state index is -4.52.